The lowest BCUT2D eigenvalue weighted by atomic mass is 10.0. The minimum Gasteiger partial charge on any atom is -0.314 e. The van der Waals surface area contributed by atoms with Crippen molar-refractivity contribution in [3.05, 3.63) is 59.7 Å². The summed E-state index contributed by atoms with van der Waals surface area (Å²) in [5, 5.41) is 1.63. The first-order valence-corrected chi connectivity index (χ1v) is 6.86. The molecule has 0 aliphatic heterocycles. The number of hydrogen-bond acceptors (Lipinski definition) is 3. The lowest BCUT2D eigenvalue weighted by Gasteiger charge is -2.16. The fraction of sp³-hybridized carbons (Fsp3) is 0.200. The van der Waals surface area contributed by atoms with Crippen molar-refractivity contribution in [1.29, 1.82) is 0 Å². The maximum Gasteiger partial charge on any atom is 0.0812 e. The molecular formula is C15H17FN2S. The van der Waals surface area contributed by atoms with Gasteiger partial charge < -0.3 is 5.01 Å². The zero-order valence-corrected chi connectivity index (χ0v) is 11.7. The summed E-state index contributed by atoms with van der Waals surface area (Å²) < 4.78 is 12.5. The molecule has 4 heteroatoms. The molecule has 0 saturated carbocycles. The summed E-state index contributed by atoms with van der Waals surface area (Å²) >= 11 is 0.284. The fourth-order valence-electron chi connectivity index (χ4n) is 2.09. The van der Waals surface area contributed by atoms with Gasteiger partial charge >= 0.3 is 0 Å². The molecule has 0 aromatic heterocycles. The number of nitrogens with two attached hydrogens (primary N) is 1. The van der Waals surface area contributed by atoms with Crippen molar-refractivity contribution in [1.82, 2.24) is 0 Å². The molecule has 100 valence electrons. The number of nitrogens with zero attached hydrogens (tertiary/aromatic N) is 1. The number of hydrazine groups is 1. The van der Waals surface area contributed by atoms with Crippen LogP contribution in [-0.2, 0) is 12.8 Å². The zero-order chi connectivity index (χ0) is 13.7. The van der Waals surface area contributed by atoms with E-state index in [1.165, 1.54) is 5.56 Å². The third kappa shape index (κ3) is 3.72. The largest absolute Gasteiger partial charge is 0.314 e. The minimum atomic E-state index is 0.284. The molecule has 0 saturated heterocycles. The van der Waals surface area contributed by atoms with Crippen molar-refractivity contribution in [2.75, 3.05) is 12.1 Å². The van der Waals surface area contributed by atoms with Crippen molar-refractivity contribution in [2.24, 2.45) is 5.84 Å². The Morgan fingerprint density at radius 1 is 1.11 bits per heavy atom. The maximum atomic E-state index is 12.5. The summed E-state index contributed by atoms with van der Waals surface area (Å²) in [6.07, 6.45) is 1.76. The van der Waals surface area contributed by atoms with E-state index in [0.29, 0.717) is 4.90 Å². The average Bonchev–Trinajstić information content (AvgIpc) is 2.45. The number of aryl methyl sites for hydroxylation is 2. The normalized spacial score (nSPS) is 10.5. The third-order valence-corrected chi connectivity index (χ3v) is 3.47. The van der Waals surface area contributed by atoms with Crippen LogP contribution in [0.1, 0.15) is 11.1 Å². The maximum absolute atomic E-state index is 12.5. The highest BCUT2D eigenvalue weighted by Crippen LogP contribution is 2.22. The molecule has 2 aromatic rings. The Labute approximate surface area is 117 Å². The molecule has 0 bridgehead atoms. The van der Waals surface area contributed by atoms with Crippen molar-refractivity contribution < 1.29 is 3.89 Å². The Hall–Kier alpha value is -1.52. The second-order valence-corrected chi connectivity index (χ2v) is 5.09. The number of benzene rings is 2. The van der Waals surface area contributed by atoms with Gasteiger partial charge in [0.25, 0.3) is 0 Å². The van der Waals surface area contributed by atoms with Crippen LogP contribution in [0.4, 0.5) is 9.57 Å². The smallest absolute Gasteiger partial charge is 0.0812 e. The van der Waals surface area contributed by atoms with Gasteiger partial charge in [0, 0.05) is 11.9 Å². The van der Waals surface area contributed by atoms with E-state index in [9.17, 15) is 3.89 Å². The van der Waals surface area contributed by atoms with Gasteiger partial charge in [-0.05, 0) is 42.2 Å². The van der Waals surface area contributed by atoms with Gasteiger partial charge in [-0.1, -0.05) is 30.3 Å². The summed E-state index contributed by atoms with van der Waals surface area (Å²) in [5.41, 5.74) is 3.36. The van der Waals surface area contributed by atoms with E-state index in [4.69, 9.17) is 5.84 Å². The highest BCUT2D eigenvalue weighted by Gasteiger charge is 2.05. The molecule has 0 radical (unpaired) electrons. The first-order valence-electron chi connectivity index (χ1n) is 6.14. The average molecular weight is 276 g/mol. The van der Waals surface area contributed by atoms with E-state index >= 15 is 0 Å². The van der Waals surface area contributed by atoms with E-state index in [0.717, 1.165) is 24.1 Å². The predicted octanol–water partition coefficient (Wildman–Crippen LogP) is 3.76. The van der Waals surface area contributed by atoms with E-state index < -0.39 is 0 Å². The Balaban J connectivity index is 2.10. The van der Waals surface area contributed by atoms with Crippen molar-refractivity contribution in [3.63, 3.8) is 0 Å². The molecule has 0 fully saturated rings. The van der Waals surface area contributed by atoms with Gasteiger partial charge in [-0.25, -0.2) is 5.84 Å². The lowest BCUT2D eigenvalue weighted by Crippen LogP contribution is -2.26. The zero-order valence-electron chi connectivity index (χ0n) is 10.8. The van der Waals surface area contributed by atoms with Crippen molar-refractivity contribution in [2.45, 2.75) is 17.7 Å². The first-order chi connectivity index (χ1) is 9.20. The van der Waals surface area contributed by atoms with Crippen LogP contribution in [0, 0.1) is 0 Å². The second-order valence-electron chi connectivity index (χ2n) is 4.46. The fourth-order valence-corrected chi connectivity index (χ4v) is 2.42. The second kappa shape index (κ2) is 6.59. The van der Waals surface area contributed by atoms with Crippen molar-refractivity contribution >= 4 is 17.8 Å². The number of anilines is 1. The number of hydrogen-bond donors (Lipinski definition) is 1. The molecule has 0 unspecified atom stereocenters. The molecule has 0 amide bonds. The van der Waals surface area contributed by atoms with E-state index in [2.05, 4.69) is 6.07 Å². The van der Waals surface area contributed by atoms with Gasteiger partial charge in [-0.15, -0.1) is 0 Å². The van der Waals surface area contributed by atoms with Gasteiger partial charge in [-0.3, -0.25) is 0 Å². The number of halogens is 1. The Kier molecular flexibility index (Phi) is 4.82. The Morgan fingerprint density at radius 3 is 2.63 bits per heavy atom. The highest BCUT2D eigenvalue weighted by molar-refractivity contribution is 7.94. The molecule has 2 rings (SSSR count). The SMILES string of the molecule is CN(N)c1ccccc1CCc1cccc(SF)c1. The highest BCUT2D eigenvalue weighted by atomic mass is 32.2. The lowest BCUT2D eigenvalue weighted by molar-refractivity contribution is 0.918. The Morgan fingerprint density at radius 2 is 1.89 bits per heavy atom. The van der Waals surface area contributed by atoms with Crippen LogP contribution >= 0.6 is 12.1 Å². The molecule has 0 aliphatic carbocycles. The van der Waals surface area contributed by atoms with Gasteiger partial charge in [-0.2, -0.15) is 3.89 Å². The molecule has 2 N–H and O–H groups in total. The molecule has 0 aliphatic rings. The summed E-state index contributed by atoms with van der Waals surface area (Å²) in [7, 11) is 1.83. The molecule has 2 aromatic carbocycles. The van der Waals surface area contributed by atoms with E-state index in [1.54, 1.807) is 11.1 Å². The molecule has 2 nitrogen and oxygen atoms in total. The monoisotopic (exact) mass is 276 g/mol. The van der Waals surface area contributed by atoms with Crippen molar-refractivity contribution in [3.8, 4) is 0 Å². The van der Waals surface area contributed by atoms with Crippen LogP contribution in [0.2, 0.25) is 0 Å². The molecule has 0 atom stereocenters. The molecule has 0 spiro atoms. The number of rotatable bonds is 5. The summed E-state index contributed by atoms with van der Waals surface area (Å²) in [6, 6.07) is 15.6. The van der Waals surface area contributed by atoms with Gasteiger partial charge in [0.1, 0.15) is 0 Å². The molecular weight excluding hydrogens is 259 g/mol. The van der Waals surface area contributed by atoms with E-state index in [1.807, 2.05) is 43.4 Å². The molecule has 19 heavy (non-hydrogen) atoms. The standard InChI is InChI=1S/C15H17FN2S/c1-18(17)15-8-3-2-6-13(15)10-9-12-5-4-7-14(11-12)19-16/h2-8,11H,9-10,17H2,1H3. The summed E-state index contributed by atoms with van der Waals surface area (Å²) in [5.74, 6) is 5.81. The summed E-state index contributed by atoms with van der Waals surface area (Å²) in [6.45, 7) is 0. The minimum absolute atomic E-state index is 0.284. The number of para-hydroxylation sites is 1. The topological polar surface area (TPSA) is 29.3 Å². The van der Waals surface area contributed by atoms with Gasteiger partial charge in [0.05, 0.1) is 17.8 Å². The quantitative estimate of drug-likeness (QED) is 0.666. The van der Waals surface area contributed by atoms with Crippen LogP contribution in [0.3, 0.4) is 0 Å². The molecule has 0 heterocycles. The van der Waals surface area contributed by atoms with Gasteiger partial charge in [0.15, 0.2) is 0 Å². The van der Waals surface area contributed by atoms with Crippen LogP contribution in [-0.4, -0.2) is 7.05 Å². The predicted molar refractivity (Wildman–Crippen MR) is 79.8 cm³/mol. The first kappa shape index (κ1) is 13.9. The third-order valence-electron chi connectivity index (χ3n) is 3.04. The van der Waals surface area contributed by atoms with Crippen LogP contribution in [0.25, 0.3) is 0 Å². The van der Waals surface area contributed by atoms with Crippen LogP contribution in [0.15, 0.2) is 53.4 Å². The van der Waals surface area contributed by atoms with Crippen LogP contribution in [0.5, 0.6) is 0 Å². The van der Waals surface area contributed by atoms with Crippen LogP contribution < -0.4 is 10.9 Å². The van der Waals surface area contributed by atoms with E-state index in [-0.39, 0.29) is 12.1 Å². The van der Waals surface area contributed by atoms with Gasteiger partial charge in [0.2, 0.25) is 0 Å². The Bertz CT molecular complexity index is 543. The summed E-state index contributed by atoms with van der Waals surface area (Å²) in [4.78, 5) is 0.654.